The number of amidine groups is 2. The Kier molecular flexibility index (Phi) is 6.02. The number of carbonyl (C=O) groups excluding carboxylic acids is 3. The molecule has 0 bridgehead atoms. The van der Waals surface area contributed by atoms with E-state index in [1.165, 1.54) is 18.7 Å². The average molecular weight is 440 g/mol. The second kappa shape index (κ2) is 8.89. The maximum atomic E-state index is 12.6. The number of rotatable bonds is 5. The number of ether oxygens (including phenoxy) is 2. The van der Waals surface area contributed by atoms with Gasteiger partial charge in [-0.2, -0.15) is 14.5 Å². The number of benzene rings is 1. The zero-order valence-corrected chi connectivity index (χ0v) is 18.5. The quantitative estimate of drug-likeness (QED) is 0.642. The highest BCUT2D eigenvalue weighted by Crippen LogP contribution is 2.29. The van der Waals surface area contributed by atoms with Crippen molar-refractivity contribution in [2.24, 2.45) is 9.98 Å². The summed E-state index contributed by atoms with van der Waals surface area (Å²) in [6.07, 6.45) is 4.30. The molecule has 0 aromatic heterocycles. The second-order valence-electron chi connectivity index (χ2n) is 7.87. The molecule has 0 spiro atoms. The topological polar surface area (TPSA) is 104 Å². The number of aliphatic imine (C=N–C) groups is 2. The molecular weight excluding hydrogens is 414 g/mol. The molecule has 1 fully saturated rings. The number of amides is 4. The van der Waals surface area contributed by atoms with Crippen LogP contribution in [0.15, 0.2) is 28.2 Å². The molecule has 0 saturated carbocycles. The smallest absolute Gasteiger partial charge is 0.446 e. The number of hydrogen-bond donors (Lipinski definition) is 0. The van der Waals surface area contributed by atoms with E-state index in [4.69, 9.17) is 9.47 Å². The monoisotopic (exact) mass is 440 g/mol. The Bertz CT molecular complexity index is 1070. The zero-order chi connectivity index (χ0) is 22.8. The first-order chi connectivity index (χ1) is 15.4. The Labute approximate surface area is 185 Å². The van der Waals surface area contributed by atoms with Crippen LogP contribution in [0, 0.1) is 0 Å². The van der Waals surface area contributed by atoms with E-state index >= 15 is 0 Å². The molecule has 3 heterocycles. The zero-order valence-electron chi connectivity index (χ0n) is 18.5. The molecule has 3 aliphatic heterocycles. The molecule has 3 aliphatic rings. The number of hydrogen-bond acceptors (Lipinski definition) is 7. The van der Waals surface area contributed by atoms with Crippen LogP contribution in [-0.4, -0.2) is 90.5 Å². The molecule has 0 N–H and O–H groups in total. The summed E-state index contributed by atoms with van der Waals surface area (Å²) >= 11 is 0. The molecule has 32 heavy (non-hydrogen) atoms. The van der Waals surface area contributed by atoms with Crippen molar-refractivity contribution in [3.8, 4) is 11.5 Å². The van der Waals surface area contributed by atoms with Crippen molar-refractivity contribution >= 4 is 35.2 Å². The van der Waals surface area contributed by atoms with E-state index in [1.807, 2.05) is 4.90 Å². The van der Waals surface area contributed by atoms with Gasteiger partial charge < -0.3 is 14.4 Å². The van der Waals surface area contributed by atoms with Crippen molar-refractivity contribution in [3.05, 3.63) is 23.8 Å². The summed E-state index contributed by atoms with van der Waals surface area (Å²) in [5, 5.41) is 0. The van der Waals surface area contributed by atoms with Gasteiger partial charge in [-0.1, -0.05) is 17.8 Å². The Morgan fingerprint density at radius 3 is 2.50 bits per heavy atom. The number of methoxy groups -OCH3 is 1. The molecule has 0 atom stereocenters. The lowest BCUT2D eigenvalue weighted by Gasteiger charge is -2.20. The minimum absolute atomic E-state index is 0.0619. The summed E-state index contributed by atoms with van der Waals surface area (Å²) in [6, 6.07) is 4.63. The number of likely N-dealkylation sites (tertiary alicyclic amines) is 1. The lowest BCUT2D eigenvalue weighted by atomic mass is 10.2. The van der Waals surface area contributed by atoms with E-state index in [1.54, 1.807) is 25.2 Å². The van der Waals surface area contributed by atoms with Crippen LogP contribution >= 0.6 is 0 Å². The first-order valence-corrected chi connectivity index (χ1v) is 10.6. The van der Waals surface area contributed by atoms with Crippen molar-refractivity contribution in [1.82, 2.24) is 9.80 Å². The van der Waals surface area contributed by atoms with Gasteiger partial charge in [0.2, 0.25) is 11.5 Å². The van der Waals surface area contributed by atoms with Crippen molar-refractivity contribution in [2.75, 3.05) is 40.9 Å². The molecular formula is C22H26N5O5+. The van der Waals surface area contributed by atoms with E-state index in [-0.39, 0.29) is 29.9 Å². The van der Waals surface area contributed by atoms with Crippen molar-refractivity contribution in [3.63, 3.8) is 0 Å². The van der Waals surface area contributed by atoms with Gasteiger partial charge in [0.1, 0.15) is 0 Å². The van der Waals surface area contributed by atoms with E-state index < -0.39 is 11.9 Å². The van der Waals surface area contributed by atoms with Gasteiger partial charge in [0.05, 0.1) is 21.2 Å². The third-order valence-electron chi connectivity index (χ3n) is 5.77. The van der Waals surface area contributed by atoms with Crippen molar-refractivity contribution in [2.45, 2.75) is 25.7 Å². The molecule has 0 radical (unpaired) electrons. The number of fused-ring (bicyclic) bond motifs is 1. The Morgan fingerprint density at radius 1 is 1.09 bits per heavy atom. The van der Waals surface area contributed by atoms with Gasteiger partial charge in [0.25, 0.3) is 5.91 Å². The lowest BCUT2D eigenvalue weighted by molar-refractivity contribution is -0.401. The predicted octanol–water partition coefficient (Wildman–Crippen LogP) is 1.31. The van der Waals surface area contributed by atoms with E-state index in [0.29, 0.717) is 17.1 Å². The maximum Gasteiger partial charge on any atom is 0.446 e. The first-order valence-electron chi connectivity index (χ1n) is 10.6. The largest absolute Gasteiger partial charge is 0.493 e. The molecule has 0 unspecified atom stereocenters. The van der Waals surface area contributed by atoms with Gasteiger partial charge in [0.15, 0.2) is 18.1 Å². The molecule has 4 rings (SSSR count). The maximum absolute atomic E-state index is 12.6. The van der Waals surface area contributed by atoms with Crippen molar-refractivity contribution < 1.29 is 28.4 Å². The normalized spacial score (nSPS) is 18.8. The third kappa shape index (κ3) is 4.00. The summed E-state index contributed by atoms with van der Waals surface area (Å²) in [5.41, 5.74) is 0.688. The number of nitrogens with zero attached hydrogens (tertiary/aromatic N) is 5. The highest BCUT2D eigenvalue weighted by atomic mass is 16.5. The van der Waals surface area contributed by atoms with Gasteiger partial charge in [-0.25, -0.2) is 9.59 Å². The Morgan fingerprint density at radius 2 is 1.81 bits per heavy atom. The van der Waals surface area contributed by atoms with Gasteiger partial charge in [0, 0.05) is 18.7 Å². The first kappa shape index (κ1) is 21.7. The summed E-state index contributed by atoms with van der Waals surface area (Å²) in [7, 11) is 4.46. The number of carbonyl (C=O) groups is 3. The van der Waals surface area contributed by atoms with Crippen LogP contribution in [0.2, 0.25) is 0 Å². The fraction of sp³-hybridized carbons (Fsp3) is 0.455. The van der Waals surface area contributed by atoms with Gasteiger partial charge in [-0.05, 0) is 31.0 Å². The third-order valence-corrected chi connectivity index (χ3v) is 5.77. The van der Waals surface area contributed by atoms with E-state index in [9.17, 15) is 14.4 Å². The number of urea groups is 1. The number of imide groups is 1. The van der Waals surface area contributed by atoms with Gasteiger partial charge >= 0.3 is 17.8 Å². The molecule has 168 valence electrons. The van der Waals surface area contributed by atoms with Crippen LogP contribution in [0.1, 0.15) is 31.2 Å². The van der Waals surface area contributed by atoms with Gasteiger partial charge in [-0.3, -0.25) is 4.79 Å². The average Bonchev–Trinajstić information content (AvgIpc) is 3.07. The molecule has 10 heteroatoms. The van der Waals surface area contributed by atoms with Gasteiger partial charge in [-0.15, -0.1) is 0 Å². The van der Waals surface area contributed by atoms with Crippen LogP contribution in [0.25, 0.3) is 0 Å². The van der Waals surface area contributed by atoms with Crippen LogP contribution in [-0.2, 0) is 9.59 Å². The molecule has 1 saturated heterocycles. The summed E-state index contributed by atoms with van der Waals surface area (Å²) in [6.45, 7) is 1.40. The highest BCUT2D eigenvalue weighted by Gasteiger charge is 2.44. The van der Waals surface area contributed by atoms with Crippen LogP contribution in [0.5, 0.6) is 11.5 Å². The SMILES string of the molecule is COc1ccc(C2=NC3=[N+](C)C(=O)N(C)C(=O)C3=N2)cc1OCC(=O)N1CCCCCC1. The standard InChI is InChI=1S/C22H26N5O5/c1-25-20-18(21(29)26(2)22(25)30)23-19(24-20)14-8-9-15(31-3)16(12-14)32-13-17(28)27-10-6-4-5-7-11-27/h8-9,12H,4-7,10-11,13H2,1-3H3/q+1. The molecule has 1 aromatic carbocycles. The minimum atomic E-state index is -0.505. The Hall–Kier alpha value is -3.56. The van der Waals surface area contributed by atoms with Crippen LogP contribution in [0.4, 0.5) is 4.79 Å². The molecule has 1 aromatic rings. The summed E-state index contributed by atoms with van der Waals surface area (Å²) < 4.78 is 12.5. The minimum Gasteiger partial charge on any atom is -0.493 e. The fourth-order valence-electron chi connectivity index (χ4n) is 3.88. The van der Waals surface area contributed by atoms with Crippen LogP contribution < -0.4 is 9.47 Å². The molecule has 4 amide bonds. The lowest BCUT2D eigenvalue weighted by Crippen LogP contribution is -2.51. The predicted molar refractivity (Wildman–Crippen MR) is 117 cm³/mol. The molecule has 10 nitrogen and oxygen atoms in total. The van der Waals surface area contributed by atoms with E-state index in [0.717, 1.165) is 43.7 Å². The Balaban J connectivity index is 1.56. The summed E-state index contributed by atoms with van der Waals surface area (Å²) in [4.78, 5) is 48.8. The summed E-state index contributed by atoms with van der Waals surface area (Å²) in [5.74, 6) is 0.774. The van der Waals surface area contributed by atoms with E-state index in [2.05, 4.69) is 9.98 Å². The van der Waals surface area contributed by atoms with Crippen LogP contribution in [0.3, 0.4) is 0 Å². The van der Waals surface area contributed by atoms with Crippen molar-refractivity contribution in [1.29, 1.82) is 0 Å². The fourth-order valence-corrected chi connectivity index (χ4v) is 3.88. The highest BCUT2D eigenvalue weighted by molar-refractivity contribution is 6.70. The molecule has 0 aliphatic carbocycles. The second-order valence-corrected chi connectivity index (χ2v) is 7.87.